The molecular weight excluding hydrogens is 277 g/mol. The van der Waals surface area contributed by atoms with E-state index < -0.39 is 0 Å². The molecule has 0 aliphatic carbocycles. The quantitative estimate of drug-likeness (QED) is 0.258. The monoisotopic (exact) mass is 277 g/mol. The normalized spacial score (nSPS) is 2.35. The summed E-state index contributed by atoms with van der Waals surface area (Å²) < 4.78 is 0. The Hall–Kier alpha value is -1.60. The molecule has 0 saturated carbocycles. The maximum atomic E-state index is 6.75. The molecule has 0 saturated heterocycles. The zero-order valence-corrected chi connectivity index (χ0v) is 12.3. The molecule has 0 N–H and O–H groups in total. The van der Waals surface area contributed by atoms with E-state index in [4.69, 9.17) is 55.3 Å². The molecule has 17 heavy (non-hydrogen) atoms. The molecule has 0 amide bonds. The molecule has 0 bridgehead atoms. The van der Waals surface area contributed by atoms with Gasteiger partial charge in [0.25, 0.3) is 0 Å². The van der Waals surface area contributed by atoms with Gasteiger partial charge >= 0.3 is 62.3 Å². The molecule has 0 unspecified atom stereocenters. The maximum Gasteiger partial charge on any atom is 4.00 e. The van der Waals surface area contributed by atoms with Gasteiger partial charge in [-0.15, -0.1) is 0 Å². The van der Waals surface area contributed by atoms with Crippen LogP contribution in [0.2, 0.25) is 0 Å². The van der Waals surface area contributed by atoms with Crippen LogP contribution in [0.15, 0.2) is 0 Å². The third-order valence-electron chi connectivity index (χ3n) is 0. The summed E-state index contributed by atoms with van der Waals surface area (Å²) >= 11 is 0. The third kappa shape index (κ3) is 869. The molecule has 0 aliphatic heterocycles. The van der Waals surface area contributed by atoms with Gasteiger partial charge in [0, 0.05) is 0 Å². The van der Waals surface area contributed by atoms with Crippen molar-refractivity contribution in [3.05, 3.63) is 79.9 Å². The second-order valence-corrected chi connectivity index (χ2v) is 0.447. The van der Waals surface area contributed by atoms with Crippen LogP contribution in [0.3, 0.4) is 0 Å². The van der Waals surface area contributed by atoms with Crippen LogP contribution in [-0.4, -0.2) is 11.0 Å². The van der Waals surface area contributed by atoms with E-state index in [2.05, 4.69) is 0 Å². The molecule has 0 aromatic rings. The van der Waals surface area contributed by atoms with Gasteiger partial charge in [0.05, 0.1) is 0 Å². The fourth-order valence-corrected chi connectivity index (χ4v) is 0. The number of hydrogen-bond acceptors (Lipinski definition) is 0. The predicted molar refractivity (Wildman–Crippen MR) is 56.1 cm³/mol. The fourth-order valence-electron chi connectivity index (χ4n) is 0. The van der Waals surface area contributed by atoms with E-state index in [1.807, 2.05) is 0 Å². The minimum Gasteiger partial charge on any atom is -0.373 e. The van der Waals surface area contributed by atoms with Crippen molar-refractivity contribution in [2.45, 2.75) is 0 Å². The first-order valence-electron chi connectivity index (χ1n) is 2.00. The molecule has 0 radical (unpaired) electrons. The summed E-state index contributed by atoms with van der Waals surface area (Å²) in [5.41, 5.74) is 67.5. The zero-order chi connectivity index (χ0) is 13.5. The third-order valence-corrected chi connectivity index (χ3v) is 0. The zero-order valence-electron chi connectivity index (χ0n) is 8.21. The van der Waals surface area contributed by atoms with E-state index in [0.29, 0.717) is 0 Å². The topological polar surface area (TPSA) is 294 Å². The van der Waals surface area contributed by atoms with Crippen molar-refractivity contribution in [2.75, 3.05) is 0 Å². The van der Waals surface area contributed by atoms with E-state index in [0.717, 1.165) is 0 Å². The van der Waals surface area contributed by atoms with Gasteiger partial charge in [-0.05, 0) is 0 Å². The van der Waals surface area contributed by atoms with Gasteiger partial charge in [-0.25, -0.2) is 0 Å². The summed E-state index contributed by atoms with van der Waals surface area (Å²) in [6.07, 6.45) is 0. The van der Waals surface area contributed by atoms with Gasteiger partial charge in [-0.2, -0.15) is 0 Å². The van der Waals surface area contributed by atoms with Gasteiger partial charge in [-0.3, -0.25) is 24.6 Å². The summed E-state index contributed by atoms with van der Waals surface area (Å²) in [5.74, 6) is 0. The van der Waals surface area contributed by atoms with E-state index in [1.54, 1.807) is 0 Å². The SMILES string of the molecule is [K+].[N-]=[N+]=[N-].[N-]=[N+]=[N-].[N-]=[N+]=[N-].[N-]=[N+]=[N-].[N-]=[N+]=[N-].[Si+4]. The van der Waals surface area contributed by atoms with Crippen molar-refractivity contribution in [3.63, 3.8) is 0 Å². The van der Waals surface area contributed by atoms with Crippen molar-refractivity contribution in [3.8, 4) is 0 Å². The van der Waals surface area contributed by atoms with E-state index in [-0.39, 0.29) is 62.3 Å². The smallest absolute Gasteiger partial charge is 0.373 e. The standard InChI is InChI=1S/K.5N3.Si/c;5*1-3-2;/q+1;5*-1;+4. The molecule has 80 valence electrons. The molecule has 0 aliphatic rings. The van der Waals surface area contributed by atoms with Crippen LogP contribution in [0.5, 0.6) is 0 Å². The van der Waals surface area contributed by atoms with Crippen LogP contribution in [0, 0.1) is 0 Å². The van der Waals surface area contributed by atoms with Crippen LogP contribution >= 0.6 is 0 Å². The first-order valence-corrected chi connectivity index (χ1v) is 2.00. The summed E-state index contributed by atoms with van der Waals surface area (Å²) in [5, 5.41) is 0. The van der Waals surface area contributed by atoms with Gasteiger partial charge in [0.1, 0.15) is 0 Å². The Morgan fingerprint density at radius 3 is 0.353 bits per heavy atom. The maximum absolute atomic E-state index is 6.75. The van der Waals surface area contributed by atoms with Crippen LogP contribution in [0.4, 0.5) is 0 Å². The van der Waals surface area contributed by atoms with Crippen molar-refractivity contribution in [2.24, 2.45) is 0 Å². The average Bonchev–Trinajstić information content (AvgIpc) is 2.09. The van der Waals surface area contributed by atoms with E-state index in [1.165, 1.54) is 24.6 Å². The molecule has 0 aromatic carbocycles. The molecule has 0 rings (SSSR count). The first kappa shape index (κ1) is 45.3. The fraction of sp³-hybridized carbons (Fsp3) is 0. The van der Waals surface area contributed by atoms with Crippen molar-refractivity contribution >= 4 is 11.0 Å². The van der Waals surface area contributed by atoms with Gasteiger partial charge in [0.2, 0.25) is 0 Å². The number of nitrogens with zero attached hydrogens (tertiary/aromatic N) is 15. The Kier molecular flexibility index (Phi) is 595. The van der Waals surface area contributed by atoms with Crippen LogP contribution in [-0.2, 0) is 0 Å². The predicted octanol–water partition coefficient (Wildman–Crippen LogP) is 0.954. The first-order chi connectivity index (χ1) is 7.07. The van der Waals surface area contributed by atoms with Crippen LogP contribution in [0.1, 0.15) is 0 Å². The van der Waals surface area contributed by atoms with Crippen LogP contribution in [0.25, 0.3) is 79.9 Å². The van der Waals surface area contributed by atoms with Crippen molar-refractivity contribution in [1.82, 2.24) is 0 Å². The molecule has 0 atom stereocenters. The van der Waals surface area contributed by atoms with Crippen molar-refractivity contribution < 1.29 is 51.4 Å². The Morgan fingerprint density at radius 2 is 0.353 bits per heavy atom. The Morgan fingerprint density at radius 1 is 0.353 bits per heavy atom. The summed E-state index contributed by atoms with van der Waals surface area (Å²) in [4.78, 5) is 7.50. The number of rotatable bonds is 0. The average molecular weight is 277 g/mol. The second-order valence-electron chi connectivity index (χ2n) is 0.447. The Balaban J connectivity index is -0.0000000143. The van der Waals surface area contributed by atoms with Gasteiger partial charge in [0.15, 0.2) is 0 Å². The summed E-state index contributed by atoms with van der Waals surface area (Å²) in [6.45, 7) is 0. The molecule has 0 heterocycles. The molecular formula is KN15Si. The summed E-state index contributed by atoms with van der Waals surface area (Å²) in [6, 6.07) is 0. The Bertz CT molecular complexity index is 186. The van der Waals surface area contributed by atoms with Crippen molar-refractivity contribution in [1.29, 1.82) is 0 Å². The Labute approximate surface area is 141 Å². The minimum absolute atomic E-state index is 0. The molecule has 0 aromatic heterocycles. The van der Waals surface area contributed by atoms with E-state index >= 15 is 0 Å². The van der Waals surface area contributed by atoms with Crippen LogP contribution < -0.4 is 51.4 Å². The second kappa shape index (κ2) is 223. The van der Waals surface area contributed by atoms with Gasteiger partial charge in [-0.1, -0.05) is 0 Å². The minimum atomic E-state index is 0. The summed E-state index contributed by atoms with van der Waals surface area (Å²) in [7, 11) is 0. The van der Waals surface area contributed by atoms with Gasteiger partial charge < -0.3 is 55.3 Å². The molecule has 17 heteroatoms. The number of hydrogen-bond donors (Lipinski definition) is 0. The molecule has 0 spiro atoms. The van der Waals surface area contributed by atoms with E-state index in [9.17, 15) is 0 Å². The molecule has 0 fully saturated rings. The largest absolute Gasteiger partial charge is 4.00 e. The molecule has 15 nitrogen and oxygen atoms in total.